The second kappa shape index (κ2) is 1.92. The summed E-state index contributed by atoms with van der Waals surface area (Å²) in [6.45, 7) is 0. The molecule has 1 N–H and O–H groups in total. The van der Waals surface area contributed by atoms with Crippen molar-refractivity contribution in [3.63, 3.8) is 0 Å². The third-order valence-corrected chi connectivity index (χ3v) is 1.38. The van der Waals surface area contributed by atoms with E-state index >= 15 is 0 Å². The average molecular weight is 129 g/mol. The Bertz CT molecular complexity index is 182. The summed E-state index contributed by atoms with van der Waals surface area (Å²) in [5.74, 6) is -0.910. The van der Waals surface area contributed by atoms with Gasteiger partial charge in [0, 0.05) is 6.20 Å². The molecule has 1 aromatic rings. The van der Waals surface area contributed by atoms with Crippen molar-refractivity contribution in [2.45, 2.75) is 0 Å². The Labute approximate surface area is 49.8 Å². The fraction of sp³-hybridized carbons (Fsp3) is 0. The predicted octanol–water partition coefficient (Wildman–Crippen LogP) is 0.841. The second-order valence-corrected chi connectivity index (χ2v) is 2.02. The zero-order valence-electron chi connectivity index (χ0n) is 3.87. The van der Waals surface area contributed by atoms with Gasteiger partial charge in [0.25, 0.3) is 0 Å². The first kappa shape index (κ1) is 5.24. The van der Waals surface area contributed by atoms with Gasteiger partial charge >= 0.3 is 5.97 Å². The molecule has 3 nitrogen and oxygen atoms in total. The summed E-state index contributed by atoms with van der Waals surface area (Å²) < 4.78 is 3.60. The minimum absolute atomic E-state index is 0.282. The van der Waals surface area contributed by atoms with E-state index < -0.39 is 5.97 Å². The molecule has 0 aliphatic carbocycles. The maximum Gasteiger partial charge on any atom is 0.347 e. The predicted molar refractivity (Wildman–Crippen MR) is 29.1 cm³/mol. The van der Waals surface area contributed by atoms with Crippen LogP contribution in [0, 0.1) is 0 Å². The van der Waals surface area contributed by atoms with Crippen LogP contribution in [0.2, 0.25) is 0 Å². The molecule has 0 fully saturated rings. The summed E-state index contributed by atoms with van der Waals surface area (Å²) in [7, 11) is 0. The van der Waals surface area contributed by atoms with Gasteiger partial charge < -0.3 is 5.11 Å². The number of rotatable bonds is 1. The molecular weight excluding hydrogens is 126 g/mol. The maximum atomic E-state index is 10.0. The van der Waals surface area contributed by atoms with Crippen LogP contribution >= 0.6 is 11.5 Å². The molecule has 8 heavy (non-hydrogen) atoms. The molecule has 0 saturated carbocycles. The number of carboxylic acid groups (broad SMARTS) is 1. The lowest BCUT2D eigenvalue weighted by atomic mass is 10.5. The molecule has 0 aliphatic heterocycles. The van der Waals surface area contributed by atoms with Crippen molar-refractivity contribution in [2.24, 2.45) is 0 Å². The van der Waals surface area contributed by atoms with E-state index in [0.29, 0.717) is 0 Å². The molecule has 0 amide bonds. The molecule has 0 aromatic carbocycles. The molecule has 0 spiro atoms. The van der Waals surface area contributed by atoms with E-state index in [2.05, 4.69) is 4.37 Å². The minimum atomic E-state index is -0.910. The second-order valence-electron chi connectivity index (χ2n) is 1.18. The summed E-state index contributed by atoms with van der Waals surface area (Å²) >= 11 is 0.981. The van der Waals surface area contributed by atoms with Gasteiger partial charge in [-0.15, -0.1) is 0 Å². The molecule has 0 saturated heterocycles. The molecule has 0 bridgehead atoms. The first-order valence-electron chi connectivity index (χ1n) is 1.94. The van der Waals surface area contributed by atoms with E-state index in [0.717, 1.165) is 11.5 Å². The molecular formula is C4H3NO2S. The Morgan fingerprint density at radius 3 is 2.88 bits per heavy atom. The number of hydrogen-bond donors (Lipinski definition) is 1. The smallest absolute Gasteiger partial charge is 0.347 e. The fourth-order valence-corrected chi connectivity index (χ4v) is 0.761. The summed E-state index contributed by atoms with van der Waals surface area (Å²) in [6.07, 6.45) is 1.47. The van der Waals surface area contributed by atoms with Crippen molar-refractivity contribution in [3.05, 3.63) is 17.1 Å². The summed E-state index contributed by atoms with van der Waals surface area (Å²) in [5, 5.41) is 8.24. The number of hydrogen-bond acceptors (Lipinski definition) is 3. The zero-order valence-corrected chi connectivity index (χ0v) is 4.68. The van der Waals surface area contributed by atoms with Crippen molar-refractivity contribution >= 4 is 17.5 Å². The van der Waals surface area contributed by atoms with Crippen LogP contribution in [0.3, 0.4) is 0 Å². The molecule has 42 valence electrons. The van der Waals surface area contributed by atoms with Crippen molar-refractivity contribution in [2.75, 3.05) is 0 Å². The Morgan fingerprint density at radius 1 is 1.88 bits per heavy atom. The van der Waals surface area contributed by atoms with Gasteiger partial charge in [-0.2, -0.15) is 0 Å². The molecule has 1 aromatic heterocycles. The third-order valence-electron chi connectivity index (χ3n) is 0.649. The standard InChI is InChI=1S/C4H3NO2S/c6-4(7)3-1-2-5-8-3/h1-2H,(H,6,7). The quantitative estimate of drug-likeness (QED) is 0.611. The van der Waals surface area contributed by atoms with E-state index in [9.17, 15) is 4.79 Å². The van der Waals surface area contributed by atoms with Crippen molar-refractivity contribution < 1.29 is 9.90 Å². The van der Waals surface area contributed by atoms with Crippen LogP contribution in [0.1, 0.15) is 9.67 Å². The van der Waals surface area contributed by atoms with Gasteiger partial charge in [-0.1, -0.05) is 0 Å². The SMILES string of the molecule is O=C(O)c1ccns1. The highest BCUT2D eigenvalue weighted by molar-refractivity contribution is 7.07. The molecule has 1 rings (SSSR count). The van der Waals surface area contributed by atoms with E-state index in [1.54, 1.807) is 0 Å². The maximum absolute atomic E-state index is 10.0. The Hall–Kier alpha value is -0.900. The van der Waals surface area contributed by atoms with Crippen LogP contribution in [-0.4, -0.2) is 15.4 Å². The molecule has 0 unspecified atom stereocenters. The normalized spacial score (nSPS) is 9.00. The summed E-state index contributed by atoms with van der Waals surface area (Å²) in [5.41, 5.74) is 0. The first-order valence-corrected chi connectivity index (χ1v) is 2.72. The van der Waals surface area contributed by atoms with Crippen LogP contribution < -0.4 is 0 Å². The van der Waals surface area contributed by atoms with Crippen molar-refractivity contribution in [1.29, 1.82) is 0 Å². The molecule has 0 radical (unpaired) electrons. The van der Waals surface area contributed by atoms with E-state index in [1.807, 2.05) is 0 Å². The van der Waals surface area contributed by atoms with Crippen molar-refractivity contribution in [3.8, 4) is 0 Å². The van der Waals surface area contributed by atoms with Gasteiger partial charge in [0.05, 0.1) is 0 Å². The zero-order chi connectivity index (χ0) is 5.98. The van der Waals surface area contributed by atoms with Crippen LogP contribution in [0.15, 0.2) is 12.3 Å². The van der Waals surface area contributed by atoms with E-state index in [-0.39, 0.29) is 4.88 Å². The average Bonchev–Trinajstić information content (AvgIpc) is 2.12. The highest BCUT2D eigenvalue weighted by Crippen LogP contribution is 2.02. The van der Waals surface area contributed by atoms with Crippen LogP contribution in [-0.2, 0) is 0 Å². The van der Waals surface area contributed by atoms with Crippen molar-refractivity contribution in [1.82, 2.24) is 4.37 Å². The number of aromatic carboxylic acids is 1. The first-order chi connectivity index (χ1) is 3.80. The lowest BCUT2D eigenvalue weighted by molar-refractivity contribution is 0.0702. The number of carboxylic acids is 1. The minimum Gasteiger partial charge on any atom is -0.477 e. The van der Waals surface area contributed by atoms with Crippen LogP contribution in [0.25, 0.3) is 0 Å². The van der Waals surface area contributed by atoms with E-state index in [1.165, 1.54) is 12.3 Å². The third kappa shape index (κ3) is 0.840. The molecule has 0 atom stereocenters. The van der Waals surface area contributed by atoms with Gasteiger partial charge in [-0.05, 0) is 17.6 Å². The number of carbonyl (C=O) groups is 1. The summed E-state index contributed by atoms with van der Waals surface area (Å²) in [4.78, 5) is 10.3. The Balaban J connectivity index is 2.93. The highest BCUT2D eigenvalue weighted by atomic mass is 32.1. The largest absolute Gasteiger partial charge is 0.477 e. The molecule has 1 heterocycles. The molecule has 0 aliphatic rings. The number of nitrogens with zero attached hydrogens (tertiary/aromatic N) is 1. The van der Waals surface area contributed by atoms with Crippen LogP contribution in [0.4, 0.5) is 0 Å². The Morgan fingerprint density at radius 2 is 2.62 bits per heavy atom. The van der Waals surface area contributed by atoms with Crippen LogP contribution in [0.5, 0.6) is 0 Å². The van der Waals surface area contributed by atoms with Gasteiger partial charge in [0.2, 0.25) is 0 Å². The number of aromatic nitrogens is 1. The van der Waals surface area contributed by atoms with Gasteiger partial charge in [0.15, 0.2) is 0 Å². The molecule has 4 heteroatoms. The topological polar surface area (TPSA) is 50.2 Å². The Kier molecular flexibility index (Phi) is 1.26. The van der Waals surface area contributed by atoms with Gasteiger partial charge in [0.1, 0.15) is 4.88 Å². The fourth-order valence-electron chi connectivity index (χ4n) is 0.326. The van der Waals surface area contributed by atoms with Gasteiger partial charge in [-0.3, -0.25) is 0 Å². The highest BCUT2D eigenvalue weighted by Gasteiger charge is 2.00. The lowest BCUT2D eigenvalue weighted by Crippen LogP contribution is -1.89. The summed E-state index contributed by atoms with van der Waals surface area (Å²) in [6, 6.07) is 1.47. The van der Waals surface area contributed by atoms with E-state index in [4.69, 9.17) is 5.11 Å². The lowest BCUT2D eigenvalue weighted by Gasteiger charge is -1.76. The van der Waals surface area contributed by atoms with Gasteiger partial charge in [-0.25, -0.2) is 9.17 Å². The monoisotopic (exact) mass is 129 g/mol.